The van der Waals surface area contributed by atoms with Crippen molar-refractivity contribution in [3.63, 3.8) is 0 Å². The largest absolute Gasteiger partial charge is 0.389 e. The monoisotopic (exact) mass is 240 g/mol. The van der Waals surface area contributed by atoms with Gasteiger partial charge in [-0.25, -0.2) is 9.07 Å². The van der Waals surface area contributed by atoms with Gasteiger partial charge in [-0.15, -0.1) is 0 Å². The van der Waals surface area contributed by atoms with Gasteiger partial charge in [-0.1, -0.05) is 23.7 Å². The predicted molar refractivity (Wildman–Crippen MR) is 59.2 cm³/mol. The van der Waals surface area contributed by atoms with E-state index in [0.29, 0.717) is 10.6 Å². The molecule has 1 heterocycles. The van der Waals surface area contributed by atoms with Crippen LogP contribution in [0.15, 0.2) is 30.6 Å². The molecule has 0 saturated heterocycles. The maximum absolute atomic E-state index is 13.7. The maximum atomic E-state index is 13.7. The van der Waals surface area contributed by atoms with E-state index >= 15 is 0 Å². The fraction of sp³-hybridized carbons (Fsp3) is 0.182. The average molecular weight is 241 g/mol. The molecule has 2 rings (SSSR count). The molecule has 0 aliphatic rings. The minimum Gasteiger partial charge on any atom is -0.389 e. The number of hydrogen-bond acceptors (Lipinski definition) is 2. The fourth-order valence-corrected chi connectivity index (χ4v) is 1.67. The average Bonchev–Trinajstić information content (AvgIpc) is 2.64. The summed E-state index contributed by atoms with van der Waals surface area (Å²) in [6.07, 6.45) is 2.14. The molecular formula is C11H10ClFN2O. The van der Waals surface area contributed by atoms with Crippen molar-refractivity contribution in [2.75, 3.05) is 0 Å². The van der Waals surface area contributed by atoms with Gasteiger partial charge >= 0.3 is 0 Å². The highest BCUT2D eigenvalue weighted by molar-refractivity contribution is 6.30. The molecule has 0 aliphatic heterocycles. The number of hydrogen-bond donors (Lipinski definition) is 1. The fourth-order valence-electron chi connectivity index (χ4n) is 1.53. The molecule has 5 heteroatoms. The van der Waals surface area contributed by atoms with Gasteiger partial charge < -0.3 is 5.11 Å². The lowest BCUT2D eigenvalue weighted by Gasteiger charge is -2.12. The van der Waals surface area contributed by atoms with Crippen molar-refractivity contribution in [2.24, 2.45) is 0 Å². The summed E-state index contributed by atoms with van der Waals surface area (Å²) in [7, 11) is 0. The van der Waals surface area contributed by atoms with Crippen molar-refractivity contribution in [3.8, 4) is 5.69 Å². The Hall–Kier alpha value is -1.39. The van der Waals surface area contributed by atoms with E-state index in [-0.39, 0.29) is 5.69 Å². The first kappa shape index (κ1) is 11.1. The number of aromatic nitrogens is 2. The van der Waals surface area contributed by atoms with E-state index in [1.54, 1.807) is 19.1 Å². The summed E-state index contributed by atoms with van der Waals surface area (Å²) in [4.78, 5) is 0. The lowest BCUT2D eigenvalue weighted by Crippen LogP contribution is -2.05. The van der Waals surface area contributed by atoms with Gasteiger partial charge in [-0.05, 0) is 13.0 Å². The van der Waals surface area contributed by atoms with E-state index in [1.807, 2.05) is 0 Å². The van der Waals surface area contributed by atoms with Crippen LogP contribution in [-0.4, -0.2) is 14.9 Å². The van der Waals surface area contributed by atoms with Crippen LogP contribution >= 0.6 is 11.6 Å². The Bertz CT molecular complexity index is 510. The second-order valence-corrected chi connectivity index (χ2v) is 3.89. The standard InChI is InChI=1S/C11H10ClFN2O/c1-7(16)9-3-2-4-10(13)11(9)15-6-8(12)5-14-15/h2-7,16H,1H3. The number of rotatable bonds is 2. The molecule has 0 spiro atoms. The third-order valence-electron chi connectivity index (χ3n) is 2.25. The van der Waals surface area contributed by atoms with Crippen LogP contribution in [0.25, 0.3) is 5.69 Å². The summed E-state index contributed by atoms with van der Waals surface area (Å²) in [5.41, 5.74) is 0.698. The molecule has 1 aromatic carbocycles. The zero-order valence-electron chi connectivity index (χ0n) is 8.56. The van der Waals surface area contributed by atoms with Gasteiger partial charge in [0.2, 0.25) is 0 Å². The van der Waals surface area contributed by atoms with E-state index in [9.17, 15) is 9.50 Å². The van der Waals surface area contributed by atoms with Gasteiger partial charge in [0.05, 0.1) is 17.3 Å². The molecule has 1 atom stereocenters. The SMILES string of the molecule is CC(O)c1cccc(F)c1-n1cc(Cl)cn1. The zero-order chi connectivity index (χ0) is 11.7. The Balaban J connectivity index is 2.62. The highest BCUT2D eigenvalue weighted by Crippen LogP contribution is 2.24. The third kappa shape index (κ3) is 1.94. The smallest absolute Gasteiger partial charge is 0.149 e. The van der Waals surface area contributed by atoms with E-state index < -0.39 is 11.9 Å². The maximum Gasteiger partial charge on any atom is 0.149 e. The minimum absolute atomic E-state index is 0.226. The molecule has 16 heavy (non-hydrogen) atoms. The summed E-state index contributed by atoms with van der Waals surface area (Å²) in [5, 5.41) is 13.9. The van der Waals surface area contributed by atoms with Crippen LogP contribution in [0.1, 0.15) is 18.6 Å². The summed E-state index contributed by atoms with van der Waals surface area (Å²) in [5.74, 6) is -0.446. The van der Waals surface area contributed by atoms with Crippen LogP contribution in [-0.2, 0) is 0 Å². The molecule has 1 N–H and O–H groups in total. The lowest BCUT2D eigenvalue weighted by molar-refractivity contribution is 0.198. The van der Waals surface area contributed by atoms with E-state index in [1.165, 1.54) is 23.1 Å². The predicted octanol–water partition coefficient (Wildman–Crippen LogP) is 2.72. The Morgan fingerprint density at radius 1 is 1.50 bits per heavy atom. The van der Waals surface area contributed by atoms with Gasteiger partial charge in [-0.3, -0.25) is 0 Å². The normalized spacial score (nSPS) is 12.8. The number of para-hydroxylation sites is 1. The molecule has 84 valence electrons. The van der Waals surface area contributed by atoms with Gasteiger partial charge in [0, 0.05) is 11.8 Å². The van der Waals surface area contributed by atoms with Crippen molar-refractivity contribution in [1.29, 1.82) is 0 Å². The second-order valence-electron chi connectivity index (χ2n) is 3.46. The van der Waals surface area contributed by atoms with Crippen molar-refractivity contribution in [1.82, 2.24) is 9.78 Å². The highest BCUT2D eigenvalue weighted by Gasteiger charge is 2.14. The molecule has 2 aromatic rings. The number of halogens is 2. The van der Waals surface area contributed by atoms with Gasteiger partial charge in [0.15, 0.2) is 0 Å². The van der Waals surface area contributed by atoms with Crippen molar-refractivity contribution < 1.29 is 9.50 Å². The molecule has 0 amide bonds. The molecule has 1 unspecified atom stereocenters. The first-order valence-corrected chi connectivity index (χ1v) is 5.14. The molecule has 0 saturated carbocycles. The van der Waals surface area contributed by atoms with Gasteiger partial charge in [0.25, 0.3) is 0 Å². The summed E-state index contributed by atoms with van der Waals surface area (Å²) >= 11 is 5.73. The van der Waals surface area contributed by atoms with Crippen LogP contribution in [0.4, 0.5) is 4.39 Å². The Labute approximate surface area is 97.1 Å². The summed E-state index contributed by atoms with van der Waals surface area (Å²) in [6, 6.07) is 4.52. The van der Waals surface area contributed by atoms with Crippen molar-refractivity contribution in [3.05, 3.63) is 47.0 Å². The molecule has 1 aromatic heterocycles. The van der Waals surface area contributed by atoms with Gasteiger partial charge in [0.1, 0.15) is 11.5 Å². The van der Waals surface area contributed by atoms with Crippen LogP contribution < -0.4 is 0 Å². The minimum atomic E-state index is -0.770. The van der Waals surface area contributed by atoms with Crippen LogP contribution in [0.2, 0.25) is 5.02 Å². The molecule has 0 aliphatic carbocycles. The van der Waals surface area contributed by atoms with Crippen molar-refractivity contribution in [2.45, 2.75) is 13.0 Å². The summed E-state index contributed by atoms with van der Waals surface area (Å²) in [6.45, 7) is 1.57. The quantitative estimate of drug-likeness (QED) is 0.877. The molecular weight excluding hydrogens is 231 g/mol. The lowest BCUT2D eigenvalue weighted by atomic mass is 10.1. The van der Waals surface area contributed by atoms with Crippen LogP contribution in [0.5, 0.6) is 0 Å². The van der Waals surface area contributed by atoms with Crippen LogP contribution in [0, 0.1) is 5.82 Å². The van der Waals surface area contributed by atoms with Crippen LogP contribution in [0.3, 0.4) is 0 Å². The van der Waals surface area contributed by atoms with Gasteiger partial charge in [-0.2, -0.15) is 5.10 Å². The first-order chi connectivity index (χ1) is 7.59. The zero-order valence-corrected chi connectivity index (χ0v) is 9.32. The second kappa shape index (κ2) is 4.23. The Morgan fingerprint density at radius 3 is 2.81 bits per heavy atom. The Kier molecular flexibility index (Phi) is 2.94. The Morgan fingerprint density at radius 2 is 2.25 bits per heavy atom. The molecule has 0 fully saturated rings. The third-order valence-corrected chi connectivity index (χ3v) is 2.44. The number of nitrogens with zero attached hydrogens (tertiary/aromatic N) is 2. The number of benzene rings is 1. The molecule has 0 bridgehead atoms. The topological polar surface area (TPSA) is 38.0 Å². The molecule has 0 radical (unpaired) electrons. The number of aliphatic hydroxyl groups excluding tert-OH is 1. The molecule has 3 nitrogen and oxygen atoms in total. The van der Waals surface area contributed by atoms with E-state index in [0.717, 1.165) is 0 Å². The van der Waals surface area contributed by atoms with E-state index in [4.69, 9.17) is 11.6 Å². The number of aliphatic hydroxyl groups is 1. The first-order valence-electron chi connectivity index (χ1n) is 4.76. The summed E-state index contributed by atoms with van der Waals surface area (Å²) < 4.78 is 15.0. The van der Waals surface area contributed by atoms with Crippen molar-refractivity contribution >= 4 is 11.6 Å². The highest BCUT2D eigenvalue weighted by atomic mass is 35.5. The van der Waals surface area contributed by atoms with E-state index in [2.05, 4.69) is 5.10 Å².